The van der Waals surface area contributed by atoms with Crippen LogP contribution < -0.4 is 9.47 Å². The van der Waals surface area contributed by atoms with Crippen LogP contribution in [0.15, 0.2) is 23.1 Å². The van der Waals surface area contributed by atoms with E-state index < -0.39 is 10.0 Å². The summed E-state index contributed by atoms with van der Waals surface area (Å²) >= 11 is 0. The first-order valence-corrected chi connectivity index (χ1v) is 8.28. The molecule has 0 aliphatic heterocycles. The van der Waals surface area contributed by atoms with Gasteiger partial charge in [-0.25, -0.2) is 8.42 Å². The number of aliphatic hydroxyl groups is 1. The molecule has 0 fully saturated rings. The van der Waals surface area contributed by atoms with Crippen molar-refractivity contribution in [3.05, 3.63) is 18.2 Å². The smallest absolute Gasteiger partial charge is 0.246 e. The van der Waals surface area contributed by atoms with E-state index in [-0.39, 0.29) is 23.8 Å². The zero-order valence-electron chi connectivity index (χ0n) is 12.7. The lowest BCUT2D eigenvalue weighted by molar-refractivity contribution is 0.252. The van der Waals surface area contributed by atoms with Crippen molar-refractivity contribution in [3.8, 4) is 11.5 Å². The Morgan fingerprint density at radius 3 is 2.43 bits per heavy atom. The van der Waals surface area contributed by atoms with Crippen molar-refractivity contribution < 1.29 is 23.0 Å². The molecule has 0 saturated heterocycles. The largest absolute Gasteiger partial charge is 0.497 e. The van der Waals surface area contributed by atoms with Crippen molar-refractivity contribution in [2.75, 3.05) is 33.9 Å². The van der Waals surface area contributed by atoms with Gasteiger partial charge in [0.1, 0.15) is 16.4 Å². The molecule has 0 bridgehead atoms. The van der Waals surface area contributed by atoms with Crippen LogP contribution in [0.2, 0.25) is 0 Å². The van der Waals surface area contributed by atoms with E-state index in [1.54, 1.807) is 12.1 Å². The molecule has 0 saturated carbocycles. The topological polar surface area (TPSA) is 76.1 Å². The monoisotopic (exact) mass is 317 g/mol. The van der Waals surface area contributed by atoms with Crippen molar-refractivity contribution >= 4 is 10.0 Å². The van der Waals surface area contributed by atoms with Gasteiger partial charge in [0.2, 0.25) is 10.0 Å². The van der Waals surface area contributed by atoms with Crippen LogP contribution in [0.5, 0.6) is 11.5 Å². The zero-order valence-corrected chi connectivity index (χ0v) is 13.5. The number of ether oxygens (including phenoxy) is 2. The van der Waals surface area contributed by atoms with Crippen LogP contribution in [-0.2, 0) is 10.0 Å². The molecule has 1 aromatic rings. The molecule has 0 aliphatic carbocycles. The number of nitrogens with zero attached hydrogens (tertiary/aromatic N) is 1. The summed E-state index contributed by atoms with van der Waals surface area (Å²) in [5, 5.41) is 9.11. The van der Waals surface area contributed by atoms with Gasteiger partial charge in [0.05, 0.1) is 20.8 Å². The van der Waals surface area contributed by atoms with E-state index in [9.17, 15) is 8.42 Å². The third-order valence-electron chi connectivity index (χ3n) is 3.10. The van der Waals surface area contributed by atoms with Gasteiger partial charge in [-0.3, -0.25) is 0 Å². The number of benzene rings is 1. The van der Waals surface area contributed by atoms with Gasteiger partial charge in [-0.05, 0) is 18.6 Å². The highest BCUT2D eigenvalue weighted by Gasteiger charge is 2.27. The van der Waals surface area contributed by atoms with Crippen molar-refractivity contribution in [2.45, 2.75) is 24.7 Å². The van der Waals surface area contributed by atoms with Crippen LogP contribution in [0, 0.1) is 0 Å². The Morgan fingerprint density at radius 1 is 1.19 bits per heavy atom. The normalized spacial score (nSPS) is 11.7. The minimum absolute atomic E-state index is 0.0499. The van der Waals surface area contributed by atoms with Crippen LogP contribution in [0.3, 0.4) is 0 Å². The van der Waals surface area contributed by atoms with Gasteiger partial charge < -0.3 is 14.6 Å². The second-order valence-electron chi connectivity index (χ2n) is 4.50. The molecular formula is C14H23NO5S. The molecule has 1 N–H and O–H groups in total. The maximum absolute atomic E-state index is 12.8. The van der Waals surface area contributed by atoms with Gasteiger partial charge in [-0.2, -0.15) is 4.31 Å². The summed E-state index contributed by atoms with van der Waals surface area (Å²) in [6, 6.07) is 4.63. The zero-order chi connectivity index (χ0) is 15.9. The molecule has 0 heterocycles. The molecule has 1 rings (SSSR count). The Hall–Kier alpha value is -1.31. The minimum atomic E-state index is -3.74. The summed E-state index contributed by atoms with van der Waals surface area (Å²) in [5.74, 6) is 0.698. The fourth-order valence-corrected chi connectivity index (χ4v) is 3.56. The lowest BCUT2D eigenvalue weighted by Crippen LogP contribution is -2.34. The predicted molar refractivity (Wildman–Crippen MR) is 80.3 cm³/mol. The highest BCUT2D eigenvalue weighted by atomic mass is 32.2. The summed E-state index contributed by atoms with van der Waals surface area (Å²) in [6.45, 7) is 2.17. The second kappa shape index (κ2) is 8.21. The fourth-order valence-electron chi connectivity index (χ4n) is 1.92. The Balaban J connectivity index is 3.25. The molecule has 0 radical (unpaired) electrons. The van der Waals surface area contributed by atoms with E-state index >= 15 is 0 Å². The Morgan fingerprint density at radius 2 is 1.90 bits per heavy atom. The highest BCUT2D eigenvalue weighted by Crippen LogP contribution is 2.30. The number of unbranched alkanes of at least 4 members (excludes halogenated alkanes) is 1. The van der Waals surface area contributed by atoms with Gasteiger partial charge in [0, 0.05) is 19.2 Å². The van der Waals surface area contributed by atoms with Crippen molar-refractivity contribution in [2.24, 2.45) is 0 Å². The summed E-state index contributed by atoms with van der Waals surface area (Å²) in [6.07, 6.45) is 1.60. The van der Waals surface area contributed by atoms with Gasteiger partial charge >= 0.3 is 0 Å². The molecule has 6 nitrogen and oxygen atoms in total. The van der Waals surface area contributed by atoms with Crippen molar-refractivity contribution in [1.29, 1.82) is 0 Å². The third kappa shape index (κ3) is 4.33. The van der Waals surface area contributed by atoms with Gasteiger partial charge in [-0.15, -0.1) is 0 Å². The predicted octanol–water partition coefficient (Wildman–Crippen LogP) is 1.49. The number of sulfonamides is 1. The van der Waals surface area contributed by atoms with Crippen LogP contribution >= 0.6 is 0 Å². The SMILES string of the molecule is CCCCN(CCO)S(=O)(=O)c1cc(OC)ccc1OC. The Bertz CT molecular complexity index is 544. The molecule has 0 aliphatic rings. The van der Waals surface area contributed by atoms with Crippen LogP contribution in [0.25, 0.3) is 0 Å². The van der Waals surface area contributed by atoms with Gasteiger partial charge in [0.25, 0.3) is 0 Å². The van der Waals surface area contributed by atoms with Crippen molar-refractivity contribution in [1.82, 2.24) is 4.31 Å². The first-order chi connectivity index (χ1) is 10.0. The maximum Gasteiger partial charge on any atom is 0.246 e. The molecule has 120 valence electrons. The fraction of sp³-hybridized carbons (Fsp3) is 0.571. The summed E-state index contributed by atoms with van der Waals surface area (Å²) in [4.78, 5) is 0.0499. The number of rotatable bonds is 9. The first kappa shape index (κ1) is 17.7. The van der Waals surface area contributed by atoms with E-state index in [1.807, 2.05) is 6.92 Å². The Kier molecular flexibility index (Phi) is 6.94. The quantitative estimate of drug-likeness (QED) is 0.747. The molecule has 0 atom stereocenters. The van der Waals surface area contributed by atoms with E-state index in [2.05, 4.69) is 0 Å². The van der Waals surface area contributed by atoms with E-state index in [4.69, 9.17) is 14.6 Å². The van der Waals surface area contributed by atoms with E-state index in [0.29, 0.717) is 12.3 Å². The number of aliphatic hydroxyl groups excluding tert-OH is 1. The lowest BCUT2D eigenvalue weighted by atomic mass is 10.3. The Labute approximate surface area is 126 Å². The van der Waals surface area contributed by atoms with E-state index in [0.717, 1.165) is 12.8 Å². The number of hydrogen-bond acceptors (Lipinski definition) is 5. The highest BCUT2D eigenvalue weighted by molar-refractivity contribution is 7.89. The average Bonchev–Trinajstić information content (AvgIpc) is 2.50. The third-order valence-corrected chi connectivity index (χ3v) is 5.02. The molecule has 7 heteroatoms. The van der Waals surface area contributed by atoms with Gasteiger partial charge in [-0.1, -0.05) is 13.3 Å². The first-order valence-electron chi connectivity index (χ1n) is 6.84. The summed E-state index contributed by atoms with van der Waals surface area (Å²) < 4.78 is 37.0. The molecule has 0 aromatic heterocycles. The lowest BCUT2D eigenvalue weighted by Gasteiger charge is -2.22. The number of methoxy groups -OCH3 is 2. The van der Waals surface area contributed by atoms with Crippen LogP contribution in [-0.4, -0.2) is 51.7 Å². The molecule has 1 aromatic carbocycles. The van der Waals surface area contributed by atoms with Crippen LogP contribution in [0.4, 0.5) is 0 Å². The molecule has 0 amide bonds. The molecule has 0 unspecified atom stereocenters. The molecule has 21 heavy (non-hydrogen) atoms. The second-order valence-corrected chi connectivity index (χ2v) is 6.40. The van der Waals surface area contributed by atoms with E-state index in [1.165, 1.54) is 24.6 Å². The van der Waals surface area contributed by atoms with Crippen LogP contribution in [0.1, 0.15) is 19.8 Å². The molecule has 0 spiro atoms. The summed E-state index contributed by atoms with van der Waals surface area (Å²) in [5.41, 5.74) is 0. The maximum atomic E-state index is 12.8. The minimum Gasteiger partial charge on any atom is -0.497 e. The number of hydrogen-bond donors (Lipinski definition) is 1. The average molecular weight is 317 g/mol. The standard InChI is InChI=1S/C14H23NO5S/c1-4-5-8-15(9-10-16)21(17,18)14-11-12(19-2)6-7-13(14)20-3/h6-7,11,16H,4-5,8-10H2,1-3H3. The summed E-state index contributed by atoms with van der Waals surface area (Å²) in [7, 11) is -0.850. The molecular weight excluding hydrogens is 294 g/mol. The van der Waals surface area contributed by atoms with Crippen molar-refractivity contribution in [3.63, 3.8) is 0 Å². The van der Waals surface area contributed by atoms with Gasteiger partial charge in [0.15, 0.2) is 0 Å².